The fourth-order valence-electron chi connectivity index (χ4n) is 4.86. The summed E-state index contributed by atoms with van der Waals surface area (Å²) in [6, 6.07) is 5.44. The average Bonchev–Trinajstić information content (AvgIpc) is 3.30. The van der Waals surface area contributed by atoms with E-state index >= 15 is 0 Å². The number of carbonyl (C=O) groups excluding carboxylic acids is 3. The summed E-state index contributed by atoms with van der Waals surface area (Å²) in [7, 11) is 0. The van der Waals surface area contributed by atoms with E-state index in [0.717, 1.165) is 63.8 Å². The summed E-state index contributed by atoms with van der Waals surface area (Å²) in [6.45, 7) is 7.23. The number of hydrogen-bond donors (Lipinski definition) is 1. The monoisotopic (exact) mass is 426 g/mol. The van der Waals surface area contributed by atoms with Gasteiger partial charge in [0.05, 0.1) is 11.4 Å². The molecule has 168 valence electrons. The third-order valence-corrected chi connectivity index (χ3v) is 6.62. The van der Waals surface area contributed by atoms with E-state index in [9.17, 15) is 14.4 Å². The first-order valence-electron chi connectivity index (χ1n) is 11.7. The highest BCUT2D eigenvalue weighted by molar-refractivity contribution is 6.09. The highest BCUT2D eigenvalue weighted by atomic mass is 16.2. The Morgan fingerprint density at radius 2 is 1.81 bits per heavy atom. The van der Waals surface area contributed by atoms with Gasteiger partial charge in [0, 0.05) is 31.7 Å². The van der Waals surface area contributed by atoms with Crippen molar-refractivity contribution in [2.45, 2.75) is 58.4 Å². The van der Waals surface area contributed by atoms with Crippen molar-refractivity contribution < 1.29 is 14.4 Å². The minimum atomic E-state index is -0.218. The first kappa shape index (κ1) is 21.7. The van der Waals surface area contributed by atoms with Crippen LogP contribution in [0.3, 0.4) is 0 Å². The quantitative estimate of drug-likeness (QED) is 0.759. The van der Waals surface area contributed by atoms with Crippen LogP contribution in [-0.2, 0) is 9.59 Å². The average molecular weight is 427 g/mol. The molecule has 7 nitrogen and oxygen atoms in total. The topological polar surface area (TPSA) is 73.0 Å². The highest BCUT2D eigenvalue weighted by Crippen LogP contribution is 2.40. The van der Waals surface area contributed by atoms with Gasteiger partial charge in [-0.2, -0.15) is 0 Å². The van der Waals surface area contributed by atoms with Crippen molar-refractivity contribution in [1.29, 1.82) is 0 Å². The molecule has 3 aliphatic rings. The lowest BCUT2D eigenvalue weighted by Crippen LogP contribution is -2.57. The zero-order valence-electron chi connectivity index (χ0n) is 18.7. The molecular weight excluding hydrogens is 392 g/mol. The van der Waals surface area contributed by atoms with E-state index in [-0.39, 0.29) is 30.3 Å². The molecule has 0 saturated carbocycles. The Kier molecular flexibility index (Phi) is 6.49. The molecule has 31 heavy (non-hydrogen) atoms. The number of nitrogens with zero attached hydrogens (tertiary/aromatic N) is 3. The summed E-state index contributed by atoms with van der Waals surface area (Å²) in [6.07, 6.45) is 5.84. The fraction of sp³-hybridized carbons (Fsp3) is 0.625. The third kappa shape index (κ3) is 4.55. The molecule has 1 atom stereocenters. The van der Waals surface area contributed by atoms with Crippen LogP contribution in [0.4, 0.5) is 11.4 Å². The molecule has 2 fully saturated rings. The van der Waals surface area contributed by atoms with Gasteiger partial charge in [0.2, 0.25) is 11.8 Å². The van der Waals surface area contributed by atoms with E-state index in [2.05, 4.69) is 24.1 Å². The van der Waals surface area contributed by atoms with Crippen molar-refractivity contribution in [2.24, 2.45) is 5.92 Å². The molecule has 0 spiro atoms. The minimum absolute atomic E-state index is 0.00434. The molecule has 7 heteroatoms. The number of hydrogen-bond acceptors (Lipinski definition) is 4. The molecule has 3 heterocycles. The minimum Gasteiger partial charge on any atom is -0.358 e. The van der Waals surface area contributed by atoms with Gasteiger partial charge in [0.1, 0.15) is 12.6 Å². The van der Waals surface area contributed by atoms with Crippen LogP contribution >= 0.6 is 0 Å². The number of nitrogens with one attached hydrogen (secondary N) is 1. The van der Waals surface area contributed by atoms with E-state index in [0.29, 0.717) is 23.7 Å². The zero-order valence-corrected chi connectivity index (χ0v) is 18.7. The lowest BCUT2D eigenvalue weighted by molar-refractivity contribution is -0.125. The van der Waals surface area contributed by atoms with Crippen molar-refractivity contribution in [3.63, 3.8) is 0 Å². The molecule has 3 aliphatic heterocycles. The molecule has 0 bridgehead atoms. The van der Waals surface area contributed by atoms with Gasteiger partial charge in [0.25, 0.3) is 5.91 Å². The molecule has 0 radical (unpaired) electrons. The maximum atomic E-state index is 13.4. The van der Waals surface area contributed by atoms with Crippen molar-refractivity contribution in [3.05, 3.63) is 23.8 Å². The molecule has 3 amide bonds. The number of fused-ring (bicyclic) bond motifs is 3. The summed E-state index contributed by atoms with van der Waals surface area (Å²) < 4.78 is 0. The number of amides is 3. The number of carbonyl (C=O) groups is 3. The molecule has 1 aromatic rings. The van der Waals surface area contributed by atoms with Crippen molar-refractivity contribution in [3.8, 4) is 0 Å². The zero-order chi connectivity index (χ0) is 22.0. The second-order valence-electron chi connectivity index (χ2n) is 9.36. The Labute approximate surface area is 184 Å². The Hall–Kier alpha value is -2.57. The number of piperidine rings is 1. The van der Waals surface area contributed by atoms with Gasteiger partial charge in [-0.3, -0.25) is 19.3 Å². The fourth-order valence-corrected chi connectivity index (χ4v) is 4.86. The maximum absolute atomic E-state index is 13.4. The Morgan fingerprint density at radius 1 is 1.06 bits per heavy atom. The highest BCUT2D eigenvalue weighted by Gasteiger charge is 2.40. The van der Waals surface area contributed by atoms with Gasteiger partial charge in [-0.1, -0.05) is 13.8 Å². The van der Waals surface area contributed by atoms with Crippen molar-refractivity contribution in [2.75, 3.05) is 42.5 Å². The third-order valence-electron chi connectivity index (χ3n) is 6.62. The number of rotatable bonds is 6. The molecule has 1 N–H and O–H groups in total. The van der Waals surface area contributed by atoms with Gasteiger partial charge in [0.15, 0.2) is 0 Å². The summed E-state index contributed by atoms with van der Waals surface area (Å²) in [5.41, 5.74) is 2.23. The van der Waals surface area contributed by atoms with Gasteiger partial charge < -0.3 is 15.1 Å². The van der Waals surface area contributed by atoms with E-state index in [1.807, 2.05) is 23.1 Å². The first-order chi connectivity index (χ1) is 15.0. The number of likely N-dealkylation sites (tertiary alicyclic amines) is 1. The van der Waals surface area contributed by atoms with Crippen LogP contribution in [-0.4, -0.2) is 61.4 Å². The molecule has 4 rings (SSSR count). The van der Waals surface area contributed by atoms with E-state index in [1.165, 1.54) is 0 Å². The van der Waals surface area contributed by atoms with Crippen LogP contribution in [0.2, 0.25) is 0 Å². The smallest absolute Gasteiger partial charge is 0.253 e. The van der Waals surface area contributed by atoms with E-state index < -0.39 is 0 Å². The summed E-state index contributed by atoms with van der Waals surface area (Å²) >= 11 is 0. The van der Waals surface area contributed by atoms with Crippen molar-refractivity contribution in [1.82, 2.24) is 10.2 Å². The van der Waals surface area contributed by atoms with Crippen LogP contribution in [0.15, 0.2) is 18.2 Å². The first-order valence-corrected chi connectivity index (χ1v) is 11.7. The lowest BCUT2D eigenvalue weighted by atomic mass is 9.95. The molecular formula is C24H34N4O3. The van der Waals surface area contributed by atoms with Crippen LogP contribution in [0.25, 0.3) is 0 Å². The second-order valence-corrected chi connectivity index (χ2v) is 9.36. The number of anilines is 2. The predicted molar refractivity (Wildman–Crippen MR) is 121 cm³/mol. The van der Waals surface area contributed by atoms with Gasteiger partial charge in [-0.25, -0.2) is 0 Å². The van der Waals surface area contributed by atoms with E-state index in [1.54, 1.807) is 4.90 Å². The van der Waals surface area contributed by atoms with Crippen molar-refractivity contribution >= 4 is 29.1 Å². The summed E-state index contributed by atoms with van der Waals surface area (Å²) in [4.78, 5) is 44.6. The standard InChI is InChI=1S/C24H34N4O3/c1-17(2)10-11-25-22(29)16-28-21-15-18(23(30)26-12-5-6-13-26)8-9-19(21)27-14-4-3-7-20(27)24(28)31/h8-9,15,17,20H,3-7,10-14,16H2,1-2H3,(H,25,29). The van der Waals surface area contributed by atoms with Crippen LogP contribution in [0.1, 0.15) is 62.7 Å². The summed E-state index contributed by atoms with van der Waals surface area (Å²) in [5.74, 6) is 0.333. The predicted octanol–water partition coefficient (Wildman–Crippen LogP) is 2.79. The molecule has 2 saturated heterocycles. The molecule has 1 aromatic carbocycles. The number of benzene rings is 1. The van der Waals surface area contributed by atoms with Crippen LogP contribution in [0.5, 0.6) is 0 Å². The van der Waals surface area contributed by atoms with Gasteiger partial charge in [-0.05, 0) is 62.6 Å². The molecule has 1 unspecified atom stereocenters. The normalized spacial score (nSPS) is 20.7. The largest absolute Gasteiger partial charge is 0.358 e. The van der Waals surface area contributed by atoms with Gasteiger partial charge >= 0.3 is 0 Å². The Morgan fingerprint density at radius 3 is 2.55 bits per heavy atom. The van der Waals surface area contributed by atoms with Gasteiger partial charge in [-0.15, -0.1) is 0 Å². The SMILES string of the molecule is CC(C)CCNC(=O)CN1C(=O)C2CCCCN2c2ccc(C(=O)N3CCCC3)cc21. The van der Waals surface area contributed by atoms with Crippen LogP contribution < -0.4 is 15.1 Å². The Balaban J connectivity index is 1.61. The molecule has 0 aromatic heterocycles. The Bertz CT molecular complexity index is 847. The van der Waals surface area contributed by atoms with E-state index in [4.69, 9.17) is 0 Å². The van der Waals surface area contributed by atoms with Crippen LogP contribution in [0, 0.1) is 5.92 Å². The second kappa shape index (κ2) is 9.28. The maximum Gasteiger partial charge on any atom is 0.253 e. The lowest BCUT2D eigenvalue weighted by Gasteiger charge is -2.45. The molecule has 0 aliphatic carbocycles. The summed E-state index contributed by atoms with van der Waals surface area (Å²) in [5, 5.41) is 2.95.